The Bertz CT molecular complexity index is 3030. The summed E-state index contributed by atoms with van der Waals surface area (Å²) in [6, 6.07) is 54.9. The van der Waals surface area contributed by atoms with Gasteiger partial charge in [0.25, 0.3) is 0 Å². The lowest BCUT2D eigenvalue weighted by atomic mass is 9.75. The summed E-state index contributed by atoms with van der Waals surface area (Å²) in [6.45, 7) is 17.6. The van der Waals surface area contributed by atoms with Gasteiger partial charge in [-0.05, 0) is 142 Å². The fraction of sp³-hybridized carbons (Fsp3) is 0.224. The number of allylic oxidation sites excluding steroid dienone is 11. The topological polar surface area (TPSA) is 0 Å². The van der Waals surface area contributed by atoms with Crippen LogP contribution in [0, 0.1) is 5.41 Å². The summed E-state index contributed by atoms with van der Waals surface area (Å²) >= 11 is 1.92. The zero-order valence-electron chi connectivity index (χ0n) is 41.7. The quantitative estimate of drug-likeness (QED) is 0.107. The first-order valence-electron chi connectivity index (χ1n) is 25.0. The summed E-state index contributed by atoms with van der Waals surface area (Å²) in [5.74, 6) is 0.521. The molecule has 0 saturated heterocycles. The van der Waals surface area contributed by atoms with Gasteiger partial charge in [-0.3, -0.25) is 0 Å². The van der Waals surface area contributed by atoms with Gasteiger partial charge in [-0.15, -0.1) is 11.3 Å². The molecule has 1 heteroatoms. The van der Waals surface area contributed by atoms with Gasteiger partial charge < -0.3 is 0 Å². The van der Waals surface area contributed by atoms with Crippen molar-refractivity contribution in [3.8, 4) is 33.4 Å². The molecule has 0 amide bonds. The van der Waals surface area contributed by atoms with E-state index in [1.807, 2.05) is 25.2 Å². The van der Waals surface area contributed by atoms with Gasteiger partial charge in [0.05, 0.1) is 0 Å². The van der Waals surface area contributed by atoms with Crippen molar-refractivity contribution in [1.82, 2.24) is 0 Å². The molecule has 6 aromatic carbocycles. The Balaban J connectivity index is 0.000000237. The lowest BCUT2D eigenvalue weighted by Crippen LogP contribution is -2.30. The molecule has 2 aliphatic carbocycles. The fourth-order valence-corrected chi connectivity index (χ4v) is 10.4. The Morgan fingerprint density at radius 3 is 1.94 bits per heavy atom. The van der Waals surface area contributed by atoms with Crippen LogP contribution in [0.1, 0.15) is 110 Å². The van der Waals surface area contributed by atoms with Gasteiger partial charge in [0.15, 0.2) is 0 Å². The van der Waals surface area contributed by atoms with Gasteiger partial charge in [-0.25, -0.2) is 0 Å². The molecule has 7 aromatic rings. The maximum atomic E-state index is 2.50. The summed E-state index contributed by atoms with van der Waals surface area (Å²) in [5.41, 5.74) is 16.9. The maximum Gasteiger partial charge on any atom is 0.0355 e. The van der Waals surface area contributed by atoms with E-state index in [-0.39, 0.29) is 5.41 Å². The average Bonchev–Trinajstić information content (AvgIpc) is 3.60. The van der Waals surface area contributed by atoms with Crippen molar-refractivity contribution in [3.05, 3.63) is 237 Å². The Kier molecular flexibility index (Phi) is 17.4. The molecule has 0 fully saturated rings. The van der Waals surface area contributed by atoms with E-state index >= 15 is 0 Å². The molecule has 0 saturated carbocycles. The van der Waals surface area contributed by atoms with Crippen molar-refractivity contribution in [1.29, 1.82) is 0 Å². The smallest absolute Gasteiger partial charge is 0.0355 e. The molecule has 0 nitrogen and oxygen atoms in total. The Morgan fingerprint density at radius 1 is 0.691 bits per heavy atom. The third-order valence-electron chi connectivity index (χ3n) is 13.3. The molecular formula is C67H70S. The minimum absolute atomic E-state index is 0.138. The van der Waals surface area contributed by atoms with Gasteiger partial charge in [0, 0.05) is 14.6 Å². The highest BCUT2D eigenvalue weighted by atomic mass is 32.1. The number of hydrogen-bond donors (Lipinski definition) is 0. The number of benzene rings is 6. The van der Waals surface area contributed by atoms with Crippen LogP contribution >= 0.6 is 11.3 Å². The van der Waals surface area contributed by atoms with Crippen molar-refractivity contribution in [2.24, 2.45) is 5.41 Å². The van der Waals surface area contributed by atoms with Crippen LogP contribution in [0.2, 0.25) is 0 Å². The monoisotopic (exact) mass is 907 g/mol. The van der Waals surface area contributed by atoms with Crippen molar-refractivity contribution in [2.75, 3.05) is 0 Å². The highest BCUT2D eigenvalue weighted by Gasteiger charge is 2.27. The molecule has 9 rings (SSSR count). The van der Waals surface area contributed by atoms with E-state index in [0.29, 0.717) is 5.92 Å². The van der Waals surface area contributed by atoms with E-state index in [2.05, 4.69) is 254 Å². The third kappa shape index (κ3) is 12.1. The Hall–Kier alpha value is -6.54. The molecule has 2 aliphatic rings. The zero-order valence-corrected chi connectivity index (χ0v) is 42.5. The first-order chi connectivity index (χ1) is 33.2. The maximum absolute atomic E-state index is 2.50. The van der Waals surface area contributed by atoms with Gasteiger partial charge in [-0.1, -0.05) is 247 Å². The summed E-state index contributed by atoms with van der Waals surface area (Å²) in [4.78, 5) is 0. The molecule has 1 unspecified atom stereocenters. The van der Waals surface area contributed by atoms with E-state index in [1.54, 1.807) is 0 Å². The van der Waals surface area contributed by atoms with Crippen LogP contribution in [0.5, 0.6) is 0 Å². The van der Waals surface area contributed by atoms with Gasteiger partial charge in [0.2, 0.25) is 0 Å². The van der Waals surface area contributed by atoms with Crippen LogP contribution in [-0.4, -0.2) is 0 Å². The molecule has 1 aromatic heterocycles. The van der Waals surface area contributed by atoms with E-state index < -0.39 is 0 Å². The van der Waals surface area contributed by atoms with Gasteiger partial charge in [0.1, 0.15) is 0 Å². The second kappa shape index (κ2) is 24.0. The molecule has 68 heavy (non-hydrogen) atoms. The van der Waals surface area contributed by atoms with Crippen LogP contribution in [0.4, 0.5) is 0 Å². The summed E-state index contributed by atoms with van der Waals surface area (Å²) in [5, 5.41) is 2.85. The van der Waals surface area contributed by atoms with Crippen LogP contribution in [0.3, 0.4) is 0 Å². The number of fused-ring (bicyclic) bond motifs is 3. The second-order valence-electron chi connectivity index (χ2n) is 18.2. The molecule has 0 spiro atoms. The normalized spacial score (nSPS) is 16.2. The van der Waals surface area contributed by atoms with Crippen molar-refractivity contribution in [2.45, 2.75) is 93.4 Å². The fourth-order valence-electron chi connectivity index (χ4n) is 9.12. The molecule has 2 atom stereocenters. The first kappa shape index (κ1) is 49.4. The van der Waals surface area contributed by atoms with E-state index in [0.717, 1.165) is 32.1 Å². The highest BCUT2D eigenvalue weighted by molar-refractivity contribution is 7.17. The summed E-state index contributed by atoms with van der Waals surface area (Å²) in [7, 11) is 0. The Labute approximate surface area is 412 Å². The van der Waals surface area contributed by atoms with Crippen molar-refractivity contribution < 1.29 is 0 Å². The van der Waals surface area contributed by atoms with Crippen molar-refractivity contribution >= 4 is 45.2 Å². The van der Waals surface area contributed by atoms with E-state index in [1.165, 1.54) is 92.2 Å². The largest absolute Gasteiger partial charge is 0.136 e. The number of unbranched alkanes of at least 4 members (excludes halogenated alkanes) is 1. The number of rotatable bonds is 12. The van der Waals surface area contributed by atoms with Crippen LogP contribution in [-0.2, 0) is 0 Å². The standard InChI is InChI=1S/C44H44.C21H20S.C2H6/c1-5-7-10-21-43(44-23-16-15-22-42(44)33(3)6-2)34(4)24-25-35-26-28-38(29-27-35)41-31-39(36-17-11-8-12-18-36)30-40(32-41)37-19-13-9-14-20-37;1-15-6-5-7-16(11-10-15)21(2)13-12-18-17-8-3-4-9-19(17)22-20(18)14-21;1-2/h8-33H,5-7H2,1-4H3;3-6,8-12,14H,7,13H2,1-2H3;1-2H3/b21-10+,25-24-,43-34+;;/t33-;;/m0../s1. The lowest BCUT2D eigenvalue weighted by Gasteiger charge is -2.29. The van der Waals surface area contributed by atoms with E-state index in [9.17, 15) is 0 Å². The summed E-state index contributed by atoms with van der Waals surface area (Å²) < 4.78 is 2.83. The zero-order chi connectivity index (χ0) is 47.9. The lowest BCUT2D eigenvalue weighted by molar-refractivity contribution is 0.558. The van der Waals surface area contributed by atoms with E-state index in [4.69, 9.17) is 0 Å². The molecule has 0 aliphatic heterocycles. The predicted octanol–water partition coefficient (Wildman–Crippen LogP) is 18.8. The second-order valence-corrected chi connectivity index (χ2v) is 19.3. The molecule has 344 valence electrons. The SMILES string of the molecule is CC.CC1=CC=C(C2(C)C=c3sc4ccccc4c3=CC2)CC=C1.CCC/C=C/C(=C(C)\C=C/c1ccc(-c2cc(-c3ccccc3)cc(-c3ccccc3)c2)cc1)c1ccccc1[C@@H](C)CC. The van der Waals surface area contributed by atoms with Crippen LogP contribution in [0.25, 0.3) is 67.3 Å². The molecule has 0 N–H and O–H groups in total. The Morgan fingerprint density at radius 2 is 1.29 bits per heavy atom. The minimum atomic E-state index is 0.138. The number of hydrogen-bond acceptors (Lipinski definition) is 1. The molecule has 0 radical (unpaired) electrons. The average molecular weight is 907 g/mol. The van der Waals surface area contributed by atoms with Crippen LogP contribution < -0.4 is 9.75 Å². The molecular weight excluding hydrogens is 837 g/mol. The van der Waals surface area contributed by atoms with Crippen molar-refractivity contribution in [3.63, 3.8) is 0 Å². The predicted molar refractivity (Wildman–Crippen MR) is 303 cm³/mol. The molecule has 1 heterocycles. The molecule has 0 bridgehead atoms. The third-order valence-corrected chi connectivity index (χ3v) is 14.5. The van der Waals surface area contributed by atoms with Crippen LogP contribution in [0.15, 0.2) is 211 Å². The summed E-state index contributed by atoms with van der Waals surface area (Å²) in [6.07, 6.45) is 28.7. The number of thiophene rings is 1. The minimum Gasteiger partial charge on any atom is -0.136 e. The first-order valence-corrected chi connectivity index (χ1v) is 25.8. The highest BCUT2D eigenvalue weighted by Crippen LogP contribution is 2.39. The van der Waals surface area contributed by atoms with Gasteiger partial charge in [-0.2, -0.15) is 0 Å². The van der Waals surface area contributed by atoms with Gasteiger partial charge >= 0.3 is 0 Å².